The van der Waals surface area contributed by atoms with Crippen LogP contribution in [0.3, 0.4) is 0 Å². The number of carbonyl (C=O) groups is 1. The maximum absolute atomic E-state index is 12.3. The third-order valence-electron chi connectivity index (χ3n) is 3.32. The first-order chi connectivity index (χ1) is 12.2. The van der Waals surface area contributed by atoms with E-state index in [1.54, 1.807) is 0 Å². The van der Waals surface area contributed by atoms with Crippen molar-refractivity contribution in [1.82, 2.24) is 15.2 Å². The number of Topliss-reactive ketones (excluding diaryl/α,β-unsaturated/α-hetero) is 1. The van der Waals surface area contributed by atoms with E-state index in [1.807, 2.05) is 48.7 Å². The van der Waals surface area contributed by atoms with Crippen LogP contribution in [0.1, 0.15) is 28.1 Å². The minimum atomic E-state index is -0.849. The lowest BCUT2D eigenvalue weighted by atomic mass is 10.1. The van der Waals surface area contributed by atoms with E-state index in [2.05, 4.69) is 15.2 Å². The summed E-state index contributed by atoms with van der Waals surface area (Å²) in [4.78, 5) is 16.5. The number of thioether (sulfide) groups is 1. The molecule has 0 bridgehead atoms. The summed E-state index contributed by atoms with van der Waals surface area (Å²) < 4.78 is 5.55. The van der Waals surface area contributed by atoms with Crippen molar-refractivity contribution in [2.75, 3.05) is 5.75 Å². The first kappa shape index (κ1) is 17.3. The number of ketones is 1. The molecule has 0 aliphatic heterocycles. The molecule has 0 radical (unpaired) electrons. The van der Waals surface area contributed by atoms with Crippen molar-refractivity contribution in [3.8, 4) is 6.07 Å². The number of thiazole rings is 1. The Hall–Kier alpha value is -2.50. The number of benzene rings is 1. The summed E-state index contributed by atoms with van der Waals surface area (Å²) >= 11 is 2.46. The molecule has 3 aromatic rings. The predicted molar refractivity (Wildman–Crippen MR) is 94.5 cm³/mol. The van der Waals surface area contributed by atoms with Gasteiger partial charge in [-0.25, -0.2) is 4.98 Å². The molecule has 2 heterocycles. The summed E-state index contributed by atoms with van der Waals surface area (Å²) in [6.45, 7) is 1.83. The molecular formula is C17H14N4O2S2. The summed E-state index contributed by atoms with van der Waals surface area (Å²) in [7, 11) is 0. The van der Waals surface area contributed by atoms with Crippen molar-refractivity contribution in [2.24, 2.45) is 0 Å². The van der Waals surface area contributed by atoms with Gasteiger partial charge in [-0.05, 0) is 12.5 Å². The van der Waals surface area contributed by atoms with Gasteiger partial charge in [-0.1, -0.05) is 42.1 Å². The largest absolute Gasteiger partial charge is 0.416 e. The van der Waals surface area contributed by atoms with Crippen LogP contribution in [0.5, 0.6) is 0 Å². The lowest BCUT2D eigenvalue weighted by molar-refractivity contribution is -0.116. The van der Waals surface area contributed by atoms with Crippen LogP contribution in [0.2, 0.25) is 0 Å². The molecule has 8 heteroatoms. The molecule has 25 heavy (non-hydrogen) atoms. The van der Waals surface area contributed by atoms with Crippen LogP contribution in [-0.2, 0) is 11.2 Å². The van der Waals surface area contributed by atoms with Crippen molar-refractivity contribution in [2.45, 2.75) is 24.5 Å². The van der Waals surface area contributed by atoms with Gasteiger partial charge in [0.1, 0.15) is 5.01 Å². The topological polar surface area (TPSA) is 92.7 Å². The SMILES string of the molecule is Cc1csc([C@@H](C#N)C(=O)CSc2nnc(Cc3ccccc3)o2)n1. The zero-order valence-corrected chi connectivity index (χ0v) is 15.0. The summed E-state index contributed by atoms with van der Waals surface area (Å²) in [5, 5.41) is 19.9. The van der Waals surface area contributed by atoms with Crippen molar-refractivity contribution in [3.05, 3.63) is 57.9 Å². The fourth-order valence-corrected chi connectivity index (χ4v) is 3.67. The second-order valence-corrected chi connectivity index (χ2v) is 7.08. The smallest absolute Gasteiger partial charge is 0.277 e. The molecule has 3 rings (SSSR count). The van der Waals surface area contributed by atoms with Gasteiger partial charge in [0.15, 0.2) is 11.7 Å². The molecule has 1 atom stereocenters. The second-order valence-electron chi connectivity index (χ2n) is 5.27. The van der Waals surface area contributed by atoms with E-state index in [-0.39, 0.29) is 11.5 Å². The molecule has 6 nitrogen and oxygen atoms in total. The van der Waals surface area contributed by atoms with Crippen LogP contribution in [-0.4, -0.2) is 26.7 Å². The molecule has 126 valence electrons. The highest BCUT2D eigenvalue weighted by Gasteiger charge is 2.24. The summed E-state index contributed by atoms with van der Waals surface area (Å²) in [6.07, 6.45) is 0.543. The van der Waals surface area contributed by atoms with Gasteiger partial charge in [-0.2, -0.15) is 5.26 Å². The highest BCUT2D eigenvalue weighted by Crippen LogP contribution is 2.24. The second kappa shape index (κ2) is 8.05. The molecule has 0 aliphatic carbocycles. The first-order valence-electron chi connectivity index (χ1n) is 7.49. The van der Waals surface area contributed by atoms with Gasteiger partial charge >= 0.3 is 0 Å². The normalized spacial score (nSPS) is 11.8. The number of carbonyl (C=O) groups excluding carboxylic acids is 1. The molecule has 0 saturated heterocycles. The van der Waals surface area contributed by atoms with E-state index < -0.39 is 5.92 Å². The Morgan fingerprint density at radius 2 is 2.16 bits per heavy atom. The van der Waals surface area contributed by atoms with E-state index in [0.29, 0.717) is 22.5 Å². The lowest BCUT2D eigenvalue weighted by Gasteiger charge is -2.02. The zero-order chi connectivity index (χ0) is 17.6. The highest BCUT2D eigenvalue weighted by molar-refractivity contribution is 7.99. The predicted octanol–water partition coefficient (Wildman–Crippen LogP) is 3.39. The quantitative estimate of drug-likeness (QED) is 0.588. The Labute approximate surface area is 152 Å². The average Bonchev–Trinajstić information content (AvgIpc) is 3.24. The number of nitrogens with zero attached hydrogens (tertiary/aromatic N) is 4. The minimum Gasteiger partial charge on any atom is -0.416 e. The number of aryl methyl sites for hydroxylation is 1. The molecule has 0 aliphatic rings. The van der Waals surface area contributed by atoms with Crippen LogP contribution < -0.4 is 0 Å². The zero-order valence-electron chi connectivity index (χ0n) is 13.4. The van der Waals surface area contributed by atoms with Crippen LogP contribution in [0.4, 0.5) is 0 Å². The Balaban J connectivity index is 1.58. The van der Waals surface area contributed by atoms with E-state index >= 15 is 0 Å². The summed E-state index contributed by atoms with van der Waals surface area (Å²) in [5.74, 6) is -0.486. The molecule has 2 aromatic heterocycles. The van der Waals surface area contributed by atoms with E-state index in [4.69, 9.17) is 4.42 Å². The minimum absolute atomic E-state index is 0.0871. The number of aromatic nitrogens is 3. The number of hydrogen-bond acceptors (Lipinski definition) is 8. The van der Waals surface area contributed by atoms with Gasteiger partial charge in [0.2, 0.25) is 5.89 Å². The van der Waals surface area contributed by atoms with Crippen molar-refractivity contribution < 1.29 is 9.21 Å². The van der Waals surface area contributed by atoms with Crippen LogP contribution in [0.15, 0.2) is 45.4 Å². The van der Waals surface area contributed by atoms with Gasteiger partial charge in [0.25, 0.3) is 5.22 Å². The van der Waals surface area contributed by atoms with Gasteiger partial charge < -0.3 is 4.42 Å². The van der Waals surface area contributed by atoms with Crippen molar-refractivity contribution >= 4 is 28.9 Å². The average molecular weight is 370 g/mol. The Morgan fingerprint density at radius 1 is 1.36 bits per heavy atom. The first-order valence-corrected chi connectivity index (χ1v) is 9.35. The van der Waals surface area contributed by atoms with Gasteiger partial charge in [-0.15, -0.1) is 21.5 Å². The molecule has 0 amide bonds. The standard InChI is InChI=1S/C17H14N4O2S2/c1-11-9-24-16(19-11)13(8-18)14(22)10-25-17-21-20-15(23-17)7-12-5-3-2-4-6-12/h2-6,9,13H,7,10H2,1H3/t13-/m0/s1. The van der Waals surface area contributed by atoms with E-state index in [0.717, 1.165) is 23.0 Å². The third-order valence-corrected chi connectivity index (χ3v) is 5.19. The Kier molecular flexibility index (Phi) is 5.58. The molecule has 0 saturated carbocycles. The van der Waals surface area contributed by atoms with Gasteiger partial charge in [0, 0.05) is 11.1 Å². The number of nitriles is 1. The number of rotatable bonds is 7. The molecule has 0 unspecified atom stereocenters. The third kappa shape index (κ3) is 4.53. The lowest BCUT2D eigenvalue weighted by Crippen LogP contribution is -2.13. The summed E-state index contributed by atoms with van der Waals surface area (Å²) in [5.41, 5.74) is 1.88. The molecule has 0 fully saturated rings. The fraction of sp³-hybridized carbons (Fsp3) is 0.235. The van der Waals surface area contributed by atoms with E-state index in [9.17, 15) is 10.1 Å². The molecule has 0 N–H and O–H groups in total. The van der Waals surface area contributed by atoms with Crippen molar-refractivity contribution in [1.29, 1.82) is 5.26 Å². The van der Waals surface area contributed by atoms with Crippen molar-refractivity contribution in [3.63, 3.8) is 0 Å². The van der Waals surface area contributed by atoms with Gasteiger partial charge in [0.05, 0.1) is 18.2 Å². The Morgan fingerprint density at radius 3 is 2.84 bits per heavy atom. The van der Waals surface area contributed by atoms with Crippen LogP contribution >= 0.6 is 23.1 Å². The Bertz CT molecular complexity index is 899. The monoisotopic (exact) mass is 370 g/mol. The van der Waals surface area contributed by atoms with Crippen LogP contribution in [0, 0.1) is 18.3 Å². The maximum atomic E-state index is 12.3. The fourth-order valence-electron chi connectivity index (χ4n) is 2.12. The van der Waals surface area contributed by atoms with Crippen LogP contribution in [0.25, 0.3) is 0 Å². The summed E-state index contributed by atoms with van der Waals surface area (Å²) in [6, 6.07) is 11.8. The van der Waals surface area contributed by atoms with E-state index in [1.165, 1.54) is 11.3 Å². The maximum Gasteiger partial charge on any atom is 0.277 e. The highest BCUT2D eigenvalue weighted by atomic mass is 32.2. The molecule has 0 spiro atoms. The molecular weight excluding hydrogens is 356 g/mol. The van der Waals surface area contributed by atoms with Gasteiger partial charge in [-0.3, -0.25) is 4.79 Å². The number of hydrogen-bond donors (Lipinski definition) is 0. The molecule has 1 aromatic carbocycles.